The monoisotopic (exact) mass is 452 g/mol. The third kappa shape index (κ3) is 5.97. The fraction of sp³-hybridized carbons (Fsp3) is 0.552. The van der Waals surface area contributed by atoms with Gasteiger partial charge in [-0.15, -0.1) is 0 Å². The molecule has 0 saturated carbocycles. The summed E-state index contributed by atoms with van der Waals surface area (Å²) in [6.45, 7) is 8.41. The summed E-state index contributed by atoms with van der Waals surface area (Å²) in [7, 11) is 0. The fourth-order valence-electron chi connectivity index (χ4n) is 5.37. The highest BCUT2D eigenvalue weighted by atomic mass is 16.5. The van der Waals surface area contributed by atoms with Crippen molar-refractivity contribution in [1.29, 1.82) is 0 Å². The summed E-state index contributed by atoms with van der Waals surface area (Å²) in [6.07, 6.45) is 7.09. The lowest BCUT2D eigenvalue weighted by Gasteiger charge is -2.31. The van der Waals surface area contributed by atoms with Gasteiger partial charge in [0.15, 0.2) is 0 Å². The maximum absolute atomic E-state index is 10.9. The molecular formula is C29H40O4. The largest absolute Gasteiger partial charge is 0.489 e. The van der Waals surface area contributed by atoms with E-state index in [0.29, 0.717) is 50.9 Å². The summed E-state index contributed by atoms with van der Waals surface area (Å²) in [4.78, 5) is 10.9. The number of benzene rings is 2. The molecular weight excluding hydrogens is 412 g/mol. The molecule has 1 unspecified atom stereocenters. The van der Waals surface area contributed by atoms with Gasteiger partial charge in [0.1, 0.15) is 12.4 Å². The molecule has 1 fully saturated rings. The summed E-state index contributed by atoms with van der Waals surface area (Å²) in [5.74, 6) is 1.57. The normalized spacial score (nSPS) is 18.7. The van der Waals surface area contributed by atoms with Gasteiger partial charge in [0, 0.05) is 24.7 Å². The van der Waals surface area contributed by atoms with Crippen LogP contribution in [0.5, 0.6) is 5.75 Å². The molecule has 0 bridgehead atoms. The third-order valence-corrected chi connectivity index (χ3v) is 7.40. The van der Waals surface area contributed by atoms with E-state index in [0.717, 1.165) is 5.75 Å². The molecule has 4 nitrogen and oxygen atoms in total. The Hall–Kier alpha value is -2.33. The van der Waals surface area contributed by atoms with Gasteiger partial charge in [-0.25, -0.2) is 0 Å². The average Bonchev–Trinajstić information content (AvgIpc) is 3.01. The topological polar surface area (TPSA) is 55.8 Å². The molecule has 180 valence electrons. The van der Waals surface area contributed by atoms with Gasteiger partial charge in [-0.05, 0) is 55.2 Å². The van der Waals surface area contributed by atoms with Gasteiger partial charge in [0.05, 0.1) is 5.41 Å². The number of aliphatic carboxylic acids is 1. The lowest BCUT2D eigenvalue weighted by Crippen LogP contribution is -2.36. The van der Waals surface area contributed by atoms with Crippen LogP contribution in [0.25, 0.3) is 0 Å². The zero-order valence-electron chi connectivity index (χ0n) is 20.5. The van der Waals surface area contributed by atoms with Crippen molar-refractivity contribution < 1.29 is 19.4 Å². The van der Waals surface area contributed by atoms with Crippen LogP contribution in [0.3, 0.4) is 0 Å². The van der Waals surface area contributed by atoms with E-state index in [1.54, 1.807) is 0 Å². The summed E-state index contributed by atoms with van der Waals surface area (Å²) in [5.41, 5.74) is 3.71. The van der Waals surface area contributed by atoms with Gasteiger partial charge >= 0.3 is 5.97 Å². The second kappa shape index (κ2) is 12.2. The van der Waals surface area contributed by atoms with Crippen LogP contribution in [-0.4, -0.2) is 24.3 Å². The highest BCUT2D eigenvalue weighted by Crippen LogP contribution is 2.44. The van der Waals surface area contributed by atoms with Crippen LogP contribution in [-0.2, 0) is 16.1 Å². The number of carbonyl (C=O) groups is 1. The van der Waals surface area contributed by atoms with Crippen LogP contribution in [0.4, 0.5) is 0 Å². The van der Waals surface area contributed by atoms with Gasteiger partial charge in [-0.1, -0.05) is 76.1 Å². The van der Waals surface area contributed by atoms with Gasteiger partial charge in [-0.2, -0.15) is 0 Å². The Balaban J connectivity index is 0.000000235. The SMILES string of the molecule is CCC1(C(=O)O)CCOCC1.CCCC(CCC)C1c2ccccc2COc2ccccc21. The highest BCUT2D eigenvalue weighted by Gasteiger charge is 2.38. The number of carboxylic acid groups (broad SMARTS) is 1. The first kappa shape index (κ1) is 25.3. The Morgan fingerprint density at radius 1 is 0.970 bits per heavy atom. The minimum atomic E-state index is -0.664. The predicted molar refractivity (Wildman–Crippen MR) is 133 cm³/mol. The van der Waals surface area contributed by atoms with E-state index in [4.69, 9.17) is 14.6 Å². The Labute approximate surface area is 199 Å². The first-order chi connectivity index (χ1) is 16.1. The molecule has 2 aromatic rings. The Morgan fingerprint density at radius 3 is 2.15 bits per heavy atom. The maximum atomic E-state index is 10.9. The van der Waals surface area contributed by atoms with Crippen LogP contribution in [0.2, 0.25) is 0 Å². The van der Waals surface area contributed by atoms with Crippen LogP contribution >= 0.6 is 0 Å². The van der Waals surface area contributed by atoms with Crippen molar-refractivity contribution in [1.82, 2.24) is 0 Å². The molecule has 4 heteroatoms. The van der Waals surface area contributed by atoms with E-state index in [1.165, 1.54) is 42.4 Å². The minimum Gasteiger partial charge on any atom is -0.489 e. The Kier molecular flexibility index (Phi) is 9.37. The zero-order chi connectivity index (χ0) is 23.7. The molecule has 2 aromatic carbocycles. The lowest BCUT2D eigenvalue weighted by atomic mass is 9.75. The van der Waals surface area contributed by atoms with E-state index < -0.39 is 11.4 Å². The molecule has 33 heavy (non-hydrogen) atoms. The Bertz CT molecular complexity index is 831. The van der Waals surface area contributed by atoms with E-state index in [9.17, 15) is 4.79 Å². The zero-order valence-corrected chi connectivity index (χ0v) is 20.5. The van der Waals surface area contributed by atoms with Gasteiger partial charge in [0.2, 0.25) is 0 Å². The van der Waals surface area contributed by atoms with Crippen LogP contribution in [0, 0.1) is 11.3 Å². The standard InChI is InChI=1S/C21H26O.C8H14O3/c1-3-9-16(10-4-2)21-18-12-6-5-11-17(18)15-22-20-14-8-7-13-19(20)21;1-2-8(7(9)10)3-5-11-6-4-8/h5-8,11-14,16,21H,3-4,9-10,15H2,1-2H3;2-6H2,1H3,(H,9,10). The molecule has 4 rings (SSSR count). The van der Waals surface area contributed by atoms with E-state index in [2.05, 4.69) is 62.4 Å². The third-order valence-electron chi connectivity index (χ3n) is 7.40. The molecule has 1 saturated heterocycles. The smallest absolute Gasteiger partial charge is 0.309 e. The maximum Gasteiger partial charge on any atom is 0.309 e. The van der Waals surface area contributed by atoms with Crippen LogP contribution in [0.15, 0.2) is 48.5 Å². The van der Waals surface area contributed by atoms with Crippen molar-refractivity contribution in [3.05, 3.63) is 65.2 Å². The number of rotatable bonds is 7. The summed E-state index contributed by atoms with van der Waals surface area (Å²) in [6, 6.07) is 17.5. The quantitative estimate of drug-likeness (QED) is 0.482. The van der Waals surface area contributed by atoms with Crippen molar-refractivity contribution in [2.75, 3.05) is 13.2 Å². The molecule has 0 amide bonds. The number of carboxylic acids is 1. The van der Waals surface area contributed by atoms with Crippen molar-refractivity contribution in [2.45, 2.75) is 78.2 Å². The molecule has 2 heterocycles. The molecule has 2 aliphatic heterocycles. The van der Waals surface area contributed by atoms with Crippen molar-refractivity contribution >= 4 is 5.97 Å². The van der Waals surface area contributed by atoms with Crippen LogP contribution in [0.1, 0.15) is 88.3 Å². The van der Waals surface area contributed by atoms with Crippen molar-refractivity contribution in [3.63, 3.8) is 0 Å². The van der Waals surface area contributed by atoms with Crippen LogP contribution < -0.4 is 4.74 Å². The Morgan fingerprint density at radius 2 is 1.58 bits per heavy atom. The number of ether oxygens (including phenoxy) is 2. The number of hydrogen-bond donors (Lipinski definition) is 1. The van der Waals surface area contributed by atoms with Crippen molar-refractivity contribution in [2.24, 2.45) is 11.3 Å². The van der Waals surface area contributed by atoms with E-state index in [-0.39, 0.29) is 0 Å². The number of hydrogen-bond acceptors (Lipinski definition) is 3. The number of para-hydroxylation sites is 1. The molecule has 0 spiro atoms. The predicted octanol–water partition coefficient (Wildman–Crippen LogP) is 7.21. The minimum absolute atomic E-state index is 0.467. The van der Waals surface area contributed by atoms with Gasteiger partial charge < -0.3 is 14.6 Å². The summed E-state index contributed by atoms with van der Waals surface area (Å²) >= 11 is 0. The molecule has 1 atom stereocenters. The van der Waals surface area contributed by atoms with Gasteiger partial charge in [-0.3, -0.25) is 4.79 Å². The first-order valence-corrected chi connectivity index (χ1v) is 12.7. The molecule has 2 aliphatic rings. The molecule has 0 aromatic heterocycles. The number of fused-ring (bicyclic) bond motifs is 2. The lowest BCUT2D eigenvalue weighted by molar-refractivity contribution is -0.155. The van der Waals surface area contributed by atoms with E-state index >= 15 is 0 Å². The molecule has 0 aliphatic carbocycles. The average molecular weight is 453 g/mol. The summed E-state index contributed by atoms with van der Waals surface area (Å²) in [5, 5.41) is 8.93. The molecule has 0 radical (unpaired) electrons. The second-order valence-corrected chi connectivity index (χ2v) is 9.39. The highest BCUT2D eigenvalue weighted by molar-refractivity contribution is 5.74. The second-order valence-electron chi connectivity index (χ2n) is 9.39. The van der Waals surface area contributed by atoms with E-state index in [1.807, 2.05) is 6.92 Å². The van der Waals surface area contributed by atoms with Gasteiger partial charge in [0.25, 0.3) is 0 Å². The first-order valence-electron chi connectivity index (χ1n) is 12.7. The molecule has 1 N–H and O–H groups in total. The summed E-state index contributed by atoms with van der Waals surface area (Å²) < 4.78 is 11.2. The fourth-order valence-corrected chi connectivity index (χ4v) is 5.37. The van der Waals surface area contributed by atoms with Crippen molar-refractivity contribution in [3.8, 4) is 5.75 Å².